The number of hydrogen-bond acceptors (Lipinski definition) is 3. The molecule has 3 heteroatoms. The molecule has 0 unspecified atom stereocenters. The Morgan fingerprint density at radius 1 is 1.24 bits per heavy atom. The fraction of sp³-hybridized carbons (Fsp3) is 0.214. The molecule has 0 fully saturated rings. The summed E-state index contributed by atoms with van der Waals surface area (Å²) in [5, 5.41) is 3.76. The quantitative estimate of drug-likeness (QED) is 0.768. The van der Waals surface area contributed by atoms with Crippen molar-refractivity contribution in [3.8, 4) is 5.75 Å². The molecule has 0 saturated carbocycles. The summed E-state index contributed by atoms with van der Waals surface area (Å²) in [6.45, 7) is 3.93. The first-order chi connectivity index (χ1) is 8.16. The van der Waals surface area contributed by atoms with Crippen molar-refractivity contribution >= 4 is 17.1 Å². The van der Waals surface area contributed by atoms with E-state index in [0.717, 1.165) is 11.3 Å². The Bertz CT molecular complexity index is 501. The number of rotatable bonds is 4. The van der Waals surface area contributed by atoms with Crippen molar-refractivity contribution < 1.29 is 9.53 Å². The Morgan fingerprint density at radius 2 is 2.06 bits per heavy atom. The Balaban J connectivity index is 2.24. The Morgan fingerprint density at radius 3 is 2.71 bits per heavy atom. The van der Waals surface area contributed by atoms with Gasteiger partial charge in [0.25, 0.3) is 0 Å². The van der Waals surface area contributed by atoms with Crippen molar-refractivity contribution in [1.29, 1.82) is 0 Å². The minimum Gasteiger partial charge on any atom is -0.491 e. The molecule has 0 bridgehead atoms. The van der Waals surface area contributed by atoms with Crippen molar-refractivity contribution in [2.24, 2.45) is 0 Å². The summed E-state index contributed by atoms with van der Waals surface area (Å²) < 4.78 is 5.57. The van der Waals surface area contributed by atoms with Crippen LogP contribution < -0.4 is 4.74 Å². The summed E-state index contributed by atoms with van der Waals surface area (Å²) in [5.74, 6) is 0.779. The topological polar surface area (TPSA) is 26.3 Å². The number of carbonyl (C=O) groups excluding carboxylic acids is 1. The van der Waals surface area contributed by atoms with Gasteiger partial charge in [-0.15, -0.1) is 0 Å². The van der Waals surface area contributed by atoms with Gasteiger partial charge in [-0.2, -0.15) is 11.3 Å². The third-order valence-corrected chi connectivity index (χ3v) is 2.93. The van der Waals surface area contributed by atoms with Crippen LogP contribution in [0, 0.1) is 0 Å². The molecule has 88 valence electrons. The standard InChI is InChI=1S/C14H14O2S/c1-10(2)16-13-5-3-4-11(8-13)14(15)12-6-7-17-9-12/h3-10H,1-2H3. The van der Waals surface area contributed by atoms with Crippen molar-refractivity contribution in [2.75, 3.05) is 0 Å². The zero-order valence-corrected chi connectivity index (χ0v) is 10.7. The van der Waals surface area contributed by atoms with Gasteiger partial charge in [0, 0.05) is 16.5 Å². The second-order valence-corrected chi connectivity index (χ2v) is 4.82. The van der Waals surface area contributed by atoms with E-state index in [2.05, 4.69) is 0 Å². The highest BCUT2D eigenvalue weighted by Crippen LogP contribution is 2.18. The predicted molar refractivity (Wildman–Crippen MR) is 70.0 cm³/mol. The van der Waals surface area contributed by atoms with E-state index in [0.29, 0.717) is 5.56 Å². The molecule has 0 N–H and O–H groups in total. The highest BCUT2D eigenvalue weighted by Gasteiger charge is 2.10. The second-order valence-electron chi connectivity index (χ2n) is 4.04. The molecule has 0 radical (unpaired) electrons. The van der Waals surface area contributed by atoms with Gasteiger partial charge in [-0.25, -0.2) is 0 Å². The molecule has 0 aliphatic rings. The number of carbonyl (C=O) groups is 1. The molecule has 1 heterocycles. The van der Waals surface area contributed by atoms with Gasteiger partial charge in [-0.1, -0.05) is 12.1 Å². The first-order valence-electron chi connectivity index (χ1n) is 5.50. The van der Waals surface area contributed by atoms with Crippen LogP contribution in [0.15, 0.2) is 41.1 Å². The molecule has 0 amide bonds. The largest absolute Gasteiger partial charge is 0.491 e. The molecule has 0 aliphatic heterocycles. The maximum atomic E-state index is 12.1. The summed E-state index contributed by atoms with van der Waals surface area (Å²) in [7, 11) is 0. The van der Waals surface area contributed by atoms with Crippen LogP contribution in [0.1, 0.15) is 29.8 Å². The van der Waals surface area contributed by atoms with Crippen molar-refractivity contribution in [2.45, 2.75) is 20.0 Å². The van der Waals surface area contributed by atoms with Gasteiger partial charge in [0.15, 0.2) is 5.78 Å². The minimum absolute atomic E-state index is 0.0421. The fourth-order valence-electron chi connectivity index (χ4n) is 1.54. The van der Waals surface area contributed by atoms with Crippen LogP contribution in [0.2, 0.25) is 0 Å². The lowest BCUT2D eigenvalue weighted by atomic mass is 10.1. The average molecular weight is 246 g/mol. The Hall–Kier alpha value is -1.61. The molecule has 1 aromatic heterocycles. The SMILES string of the molecule is CC(C)Oc1cccc(C(=O)c2ccsc2)c1. The van der Waals surface area contributed by atoms with Crippen LogP contribution in [0.3, 0.4) is 0 Å². The molecule has 0 spiro atoms. The van der Waals surface area contributed by atoms with E-state index in [9.17, 15) is 4.79 Å². The normalized spacial score (nSPS) is 10.5. The summed E-state index contributed by atoms with van der Waals surface area (Å²) in [6, 6.07) is 9.15. The average Bonchev–Trinajstić information content (AvgIpc) is 2.81. The molecule has 1 aromatic carbocycles. The van der Waals surface area contributed by atoms with E-state index in [1.54, 1.807) is 6.07 Å². The molecule has 2 nitrogen and oxygen atoms in total. The maximum Gasteiger partial charge on any atom is 0.193 e. The van der Waals surface area contributed by atoms with Gasteiger partial charge in [0.1, 0.15) is 5.75 Å². The van der Waals surface area contributed by atoms with Crippen LogP contribution in [-0.2, 0) is 0 Å². The minimum atomic E-state index is 0.0421. The molecule has 2 aromatic rings. The van der Waals surface area contributed by atoms with Crippen molar-refractivity contribution in [3.63, 3.8) is 0 Å². The van der Waals surface area contributed by atoms with E-state index in [4.69, 9.17) is 4.74 Å². The lowest BCUT2D eigenvalue weighted by Crippen LogP contribution is -2.06. The van der Waals surface area contributed by atoms with E-state index in [1.807, 2.05) is 48.9 Å². The highest BCUT2D eigenvalue weighted by atomic mass is 32.1. The van der Waals surface area contributed by atoms with Gasteiger partial charge in [-0.05, 0) is 37.4 Å². The van der Waals surface area contributed by atoms with Crippen LogP contribution >= 0.6 is 11.3 Å². The van der Waals surface area contributed by atoms with Crippen LogP contribution in [-0.4, -0.2) is 11.9 Å². The van der Waals surface area contributed by atoms with Gasteiger partial charge >= 0.3 is 0 Å². The van der Waals surface area contributed by atoms with Gasteiger partial charge in [0.2, 0.25) is 0 Å². The molecular formula is C14H14O2S. The summed E-state index contributed by atoms with van der Waals surface area (Å²) in [4.78, 5) is 12.1. The van der Waals surface area contributed by atoms with Crippen LogP contribution in [0.5, 0.6) is 5.75 Å². The molecule has 2 rings (SSSR count). The molecule has 17 heavy (non-hydrogen) atoms. The monoisotopic (exact) mass is 246 g/mol. The Kier molecular flexibility index (Phi) is 3.59. The number of thiophene rings is 1. The highest BCUT2D eigenvalue weighted by molar-refractivity contribution is 7.08. The van der Waals surface area contributed by atoms with E-state index in [1.165, 1.54) is 11.3 Å². The van der Waals surface area contributed by atoms with Crippen molar-refractivity contribution in [3.05, 3.63) is 52.2 Å². The van der Waals surface area contributed by atoms with Crippen LogP contribution in [0.25, 0.3) is 0 Å². The Labute approximate surface area is 105 Å². The number of hydrogen-bond donors (Lipinski definition) is 0. The third-order valence-electron chi connectivity index (χ3n) is 2.25. The van der Waals surface area contributed by atoms with E-state index >= 15 is 0 Å². The van der Waals surface area contributed by atoms with Crippen LogP contribution in [0.4, 0.5) is 0 Å². The number of ketones is 1. The van der Waals surface area contributed by atoms with Crippen molar-refractivity contribution in [1.82, 2.24) is 0 Å². The lowest BCUT2D eigenvalue weighted by molar-refractivity contribution is 0.103. The third kappa shape index (κ3) is 2.94. The smallest absolute Gasteiger partial charge is 0.193 e. The zero-order chi connectivity index (χ0) is 12.3. The summed E-state index contributed by atoms with van der Waals surface area (Å²) >= 11 is 1.53. The van der Waals surface area contributed by atoms with Gasteiger partial charge in [-0.3, -0.25) is 4.79 Å². The fourth-order valence-corrected chi connectivity index (χ4v) is 2.18. The molecular weight excluding hydrogens is 232 g/mol. The predicted octanol–water partition coefficient (Wildman–Crippen LogP) is 3.77. The van der Waals surface area contributed by atoms with Gasteiger partial charge < -0.3 is 4.74 Å². The van der Waals surface area contributed by atoms with E-state index in [-0.39, 0.29) is 11.9 Å². The van der Waals surface area contributed by atoms with Gasteiger partial charge in [0.05, 0.1) is 6.10 Å². The molecule has 0 saturated heterocycles. The number of benzene rings is 1. The molecule has 0 atom stereocenters. The summed E-state index contributed by atoms with van der Waals surface area (Å²) in [6.07, 6.45) is 0.112. The zero-order valence-electron chi connectivity index (χ0n) is 9.84. The first kappa shape index (κ1) is 11.9. The number of ether oxygens (including phenoxy) is 1. The first-order valence-corrected chi connectivity index (χ1v) is 6.44. The summed E-state index contributed by atoms with van der Waals surface area (Å²) in [5.41, 5.74) is 1.40. The lowest BCUT2D eigenvalue weighted by Gasteiger charge is -2.10. The maximum absolute atomic E-state index is 12.1. The van der Waals surface area contributed by atoms with E-state index < -0.39 is 0 Å². The second kappa shape index (κ2) is 5.15. The molecule has 0 aliphatic carbocycles.